The highest BCUT2D eigenvalue weighted by atomic mass is 35.5. The van der Waals surface area contributed by atoms with Gasteiger partial charge in [0, 0.05) is 11.1 Å². The summed E-state index contributed by atoms with van der Waals surface area (Å²) < 4.78 is 0. The largest absolute Gasteiger partial charge is 0.316 e. The molecular formula is C19H24ClN. The first-order chi connectivity index (χ1) is 9.97. The molecule has 0 aromatic heterocycles. The fraction of sp³-hybridized carbons (Fsp3) is 0.368. The molecule has 1 N–H and O–H groups in total. The molecule has 0 aliphatic heterocycles. The monoisotopic (exact) mass is 301 g/mol. The maximum absolute atomic E-state index is 6.36. The minimum absolute atomic E-state index is 0.395. The van der Waals surface area contributed by atoms with E-state index >= 15 is 0 Å². The van der Waals surface area contributed by atoms with Crippen molar-refractivity contribution in [2.75, 3.05) is 7.05 Å². The molecule has 0 heterocycles. The van der Waals surface area contributed by atoms with Crippen LogP contribution < -0.4 is 5.32 Å². The van der Waals surface area contributed by atoms with Gasteiger partial charge < -0.3 is 5.32 Å². The van der Waals surface area contributed by atoms with Crippen LogP contribution in [0.1, 0.15) is 27.8 Å². The molecule has 1 atom stereocenters. The van der Waals surface area contributed by atoms with Crippen LogP contribution in [0.25, 0.3) is 0 Å². The van der Waals surface area contributed by atoms with E-state index in [2.05, 4.69) is 56.4 Å². The molecule has 1 nitrogen and oxygen atoms in total. The zero-order chi connectivity index (χ0) is 15.4. The number of benzene rings is 2. The Bertz CT molecular complexity index is 599. The molecule has 0 saturated carbocycles. The van der Waals surface area contributed by atoms with Crippen molar-refractivity contribution in [2.45, 2.75) is 39.7 Å². The van der Waals surface area contributed by atoms with Gasteiger partial charge in [0.15, 0.2) is 0 Å². The Hall–Kier alpha value is -1.31. The first-order valence-corrected chi connectivity index (χ1v) is 7.85. The third kappa shape index (κ3) is 4.59. The summed E-state index contributed by atoms with van der Waals surface area (Å²) in [6, 6.07) is 13.5. The molecule has 112 valence electrons. The molecule has 0 radical (unpaired) electrons. The van der Waals surface area contributed by atoms with Crippen molar-refractivity contribution >= 4 is 11.6 Å². The zero-order valence-corrected chi connectivity index (χ0v) is 14.1. The average Bonchev–Trinajstić information content (AvgIpc) is 2.39. The Morgan fingerprint density at radius 2 is 1.57 bits per heavy atom. The smallest absolute Gasteiger partial charge is 0.0441 e. The van der Waals surface area contributed by atoms with Gasteiger partial charge in [-0.1, -0.05) is 53.1 Å². The summed E-state index contributed by atoms with van der Waals surface area (Å²) in [6.45, 7) is 6.38. The zero-order valence-electron chi connectivity index (χ0n) is 13.3. The fourth-order valence-corrected chi connectivity index (χ4v) is 3.14. The lowest BCUT2D eigenvalue weighted by Gasteiger charge is -2.18. The minimum Gasteiger partial charge on any atom is -0.316 e. The lowest BCUT2D eigenvalue weighted by atomic mass is 9.96. The average molecular weight is 302 g/mol. The van der Waals surface area contributed by atoms with Crippen LogP contribution in [-0.4, -0.2) is 13.1 Å². The van der Waals surface area contributed by atoms with Gasteiger partial charge in [0.1, 0.15) is 0 Å². The van der Waals surface area contributed by atoms with Crippen molar-refractivity contribution in [1.82, 2.24) is 5.32 Å². The Morgan fingerprint density at radius 1 is 0.905 bits per heavy atom. The first-order valence-electron chi connectivity index (χ1n) is 7.47. The van der Waals surface area contributed by atoms with Gasteiger partial charge in [0.05, 0.1) is 0 Å². The molecule has 0 amide bonds. The normalized spacial score (nSPS) is 12.4. The van der Waals surface area contributed by atoms with Crippen LogP contribution in [0.5, 0.6) is 0 Å². The molecule has 0 aliphatic rings. The van der Waals surface area contributed by atoms with Crippen molar-refractivity contribution in [1.29, 1.82) is 0 Å². The number of hydrogen-bond donors (Lipinski definition) is 1. The van der Waals surface area contributed by atoms with E-state index in [1.807, 2.05) is 13.1 Å². The van der Waals surface area contributed by atoms with Crippen LogP contribution in [0.4, 0.5) is 0 Å². The molecule has 0 saturated heterocycles. The second-order valence-corrected chi connectivity index (χ2v) is 6.39. The van der Waals surface area contributed by atoms with Crippen LogP contribution in [0.3, 0.4) is 0 Å². The molecule has 21 heavy (non-hydrogen) atoms. The highest BCUT2D eigenvalue weighted by Crippen LogP contribution is 2.20. The topological polar surface area (TPSA) is 12.0 Å². The Balaban J connectivity index is 2.12. The van der Waals surface area contributed by atoms with E-state index in [9.17, 15) is 0 Å². The number of aryl methyl sites for hydroxylation is 3. The van der Waals surface area contributed by atoms with Crippen LogP contribution in [0, 0.1) is 20.8 Å². The van der Waals surface area contributed by atoms with Gasteiger partial charge in [-0.3, -0.25) is 0 Å². The van der Waals surface area contributed by atoms with Gasteiger partial charge >= 0.3 is 0 Å². The summed E-state index contributed by atoms with van der Waals surface area (Å²) >= 11 is 6.36. The van der Waals surface area contributed by atoms with E-state index in [4.69, 9.17) is 11.6 Å². The number of halogens is 1. The van der Waals surface area contributed by atoms with Crippen molar-refractivity contribution in [3.63, 3.8) is 0 Å². The fourth-order valence-electron chi connectivity index (χ4n) is 2.83. The second-order valence-electron chi connectivity index (χ2n) is 5.98. The molecule has 0 spiro atoms. The van der Waals surface area contributed by atoms with E-state index < -0.39 is 0 Å². The highest BCUT2D eigenvalue weighted by Gasteiger charge is 2.11. The molecule has 0 fully saturated rings. The van der Waals surface area contributed by atoms with E-state index in [-0.39, 0.29) is 0 Å². The number of rotatable bonds is 5. The van der Waals surface area contributed by atoms with Gasteiger partial charge in [-0.15, -0.1) is 0 Å². The predicted octanol–water partition coefficient (Wildman–Crippen LogP) is 4.64. The van der Waals surface area contributed by atoms with Crippen molar-refractivity contribution in [2.24, 2.45) is 0 Å². The standard InChI is InChI=1S/C19H24ClN/c1-13-5-6-17(19(20)10-13)12-18(21-4)11-16-8-14(2)7-15(3)9-16/h5-10,18,21H,11-12H2,1-4H3. The molecule has 1 unspecified atom stereocenters. The summed E-state index contributed by atoms with van der Waals surface area (Å²) in [5.41, 5.74) is 6.46. The highest BCUT2D eigenvalue weighted by molar-refractivity contribution is 6.31. The Labute approximate surface area is 133 Å². The molecular weight excluding hydrogens is 278 g/mol. The van der Waals surface area contributed by atoms with Crippen LogP contribution in [-0.2, 0) is 12.8 Å². The van der Waals surface area contributed by atoms with Crippen LogP contribution in [0.15, 0.2) is 36.4 Å². The minimum atomic E-state index is 0.395. The van der Waals surface area contributed by atoms with Gasteiger partial charge in [-0.05, 0) is 63.4 Å². The lowest BCUT2D eigenvalue weighted by Crippen LogP contribution is -2.30. The summed E-state index contributed by atoms with van der Waals surface area (Å²) in [6.07, 6.45) is 1.96. The summed E-state index contributed by atoms with van der Waals surface area (Å²) in [5.74, 6) is 0. The predicted molar refractivity (Wildman–Crippen MR) is 92.4 cm³/mol. The maximum atomic E-state index is 6.36. The molecule has 2 heteroatoms. The molecule has 2 rings (SSSR count). The number of hydrogen-bond acceptors (Lipinski definition) is 1. The SMILES string of the molecule is CNC(Cc1cc(C)cc(C)c1)Cc1ccc(C)cc1Cl. The van der Waals surface area contributed by atoms with Gasteiger partial charge in [0.25, 0.3) is 0 Å². The van der Waals surface area contributed by atoms with Gasteiger partial charge in [-0.25, -0.2) is 0 Å². The van der Waals surface area contributed by atoms with Gasteiger partial charge in [-0.2, -0.15) is 0 Å². The quantitative estimate of drug-likeness (QED) is 0.848. The van der Waals surface area contributed by atoms with Crippen molar-refractivity contribution in [3.05, 3.63) is 69.2 Å². The van der Waals surface area contributed by atoms with Crippen LogP contribution >= 0.6 is 11.6 Å². The Morgan fingerprint density at radius 3 is 2.14 bits per heavy atom. The Kier molecular flexibility index (Phi) is 5.44. The summed E-state index contributed by atoms with van der Waals surface area (Å²) in [5, 5.41) is 4.29. The van der Waals surface area contributed by atoms with Crippen molar-refractivity contribution < 1.29 is 0 Å². The van der Waals surface area contributed by atoms with Crippen molar-refractivity contribution in [3.8, 4) is 0 Å². The van der Waals surface area contributed by atoms with E-state index in [0.29, 0.717) is 6.04 Å². The first kappa shape index (κ1) is 16.1. The third-order valence-corrected chi connectivity index (χ3v) is 4.20. The third-order valence-electron chi connectivity index (χ3n) is 3.85. The molecule has 2 aromatic rings. The number of nitrogens with one attached hydrogen (secondary N) is 1. The van der Waals surface area contributed by atoms with Crippen LogP contribution in [0.2, 0.25) is 5.02 Å². The van der Waals surface area contributed by atoms with E-state index in [0.717, 1.165) is 17.9 Å². The summed E-state index contributed by atoms with van der Waals surface area (Å²) in [4.78, 5) is 0. The molecule has 0 bridgehead atoms. The van der Waals surface area contributed by atoms with Gasteiger partial charge in [0.2, 0.25) is 0 Å². The molecule has 0 aliphatic carbocycles. The molecule has 2 aromatic carbocycles. The number of likely N-dealkylation sites (N-methyl/N-ethyl adjacent to an activating group) is 1. The maximum Gasteiger partial charge on any atom is 0.0441 e. The van der Waals surface area contributed by atoms with E-state index in [1.165, 1.54) is 27.8 Å². The summed E-state index contributed by atoms with van der Waals surface area (Å²) in [7, 11) is 2.02. The van der Waals surface area contributed by atoms with E-state index in [1.54, 1.807) is 0 Å². The second kappa shape index (κ2) is 7.11. The lowest BCUT2D eigenvalue weighted by molar-refractivity contribution is 0.556.